The molecule has 0 N–H and O–H groups in total. The molecule has 0 bridgehead atoms. The number of halogens is 3. The molecule has 0 amide bonds. The molecule has 4 aromatic carbocycles. The van der Waals surface area contributed by atoms with Gasteiger partial charge in [-0.1, -0.05) is 66.2 Å². The highest BCUT2D eigenvalue weighted by Crippen LogP contribution is 2.38. The summed E-state index contributed by atoms with van der Waals surface area (Å²) in [5, 5.41) is 0.841. The topological polar surface area (TPSA) is 0 Å². The Bertz CT molecular complexity index is 1220. The molecule has 0 aliphatic heterocycles. The number of aryl methyl sites for hydroxylation is 4. The number of fused-ring (bicyclic) bond motifs is 1. The van der Waals surface area contributed by atoms with E-state index in [1.165, 1.54) is 29.2 Å². The molecule has 0 aromatic heterocycles. The summed E-state index contributed by atoms with van der Waals surface area (Å²) in [4.78, 5) is 0. The van der Waals surface area contributed by atoms with Crippen LogP contribution in [0.5, 0.6) is 0 Å². The second kappa shape index (κ2) is 7.32. The number of alkyl halides is 3. The Morgan fingerprint density at radius 1 is 0.567 bits per heavy atom. The van der Waals surface area contributed by atoms with Gasteiger partial charge in [0.1, 0.15) is 0 Å². The van der Waals surface area contributed by atoms with Crippen LogP contribution in [0.15, 0.2) is 66.7 Å². The molecule has 4 aromatic rings. The van der Waals surface area contributed by atoms with Crippen molar-refractivity contribution in [3.8, 4) is 22.3 Å². The Hall–Kier alpha value is -3.07. The van der Waals surface area contributed by atoms with Crippen LogP contribution < -0.4 is 0 Å². The maximum atomic E-state index is 13.5. The van der Waals surface area contributed by atoms with Crippen LogP contribution >= 0.6 is 0 Å². The van der Waals surface area contributed by atoms with Crippen molar-refractivity contribution in [2.45, 2.75) is 33.9 Å². The lowest BCUT2D eigenvalue weighted by atomic mass is 9.92. The predicted molar refractivity (Wildman–Crippen MR) is 119 cm³/mol. The van der Waals surface area contributed by atoms with Crippen LogP contribution in [0.2, 0.25) is 0 Å². The van der Waals surface area contributed by atoms with Crippen LogP contribution in [-0.4, -0.2) is 0 Å². The molecule has 0 aliphatic carbocycles. The van der Waals surface area contributed by atoms with E-state index >= 15 is 0 Å². The second-order valence-electron chi connectivity index (χ2n) is 8.04. The molecule has 0 heterocycles. The molecule has 3 heteroatoms. The fourth-order valence-electron chi connectivity index (χ4n) is 4.46. The van der Waals surface area contributed by atoms with Crippen LogP contribution in [0.25, 0.3) is 33.0 Å². The first-order valence-electron chi connectivity index (χ1n) is 9.94. The third-order valence-corrected chi connectivity index (χ3v) is 5.70. The Balaban J connectivity index is 1.76. The minimum atomic E-state index is -4.36. The van der Waals surface area contributed by atoms with E-state index in [1.807, 2.05) is 18.2 Å². The molecular formula is C27H23F3. The highest BCUT2D eigenvalue weighted by molar-refractivity contribution is 5.91. The lowest BCUT2D eigenvalue weighted by molar-refractivity contribution is -0.136. The first-order chi connectivity index (χ1) is 14.1. The normalized spacial score (nSPS) is 11.8. The molecule has 152 valence electrons. The van der Waals surface area contributed by atoms with Gasteiger partial charge in [-0.2, -0.15) is 13.2 Å². The van der Waals surface area contributed by atoms with Gasteiger partial charge in [0.2, 0.25) is 0 Å². The van der Waals surface area contributed by atoms with Crippen LogP contribution in [0.1, 0.15) is 27.8 Å². The minimum absolute atomic E-state index is 0.244. The lowest BCUT2D eigenvalue weighted by Crippen LogP contribution is -2.08. The lowest BCUT2D eigenvalue weighted by Gasteiger charge is -2.15. The van der Waals surface area contributed by atoms with Crippen LogP contribution in [-0.2, 0) is 6.18 Å². The number of hydrogen-bond acceptors (Lipinski definition) is 0. The molecule has 0 radical (unpaired) electrons. The average Bonchev–Trinajstić information content (AvgIpc) is 2.66. The van der Waals surface area contributed by atoms with Gasteiger partial charge >= 0.3 is 6.18 Å². The maximum absolute atomic E-state index is 13.5. The van der Waals surface area contributed by atoms with E-state index in [9.17, 15) is 13.2 Å². The second-order valence-corrected chi connectivity index (χ2v) is 8.04. The van der Waals surface area contributed by atoms with Crippen LogP contribution in [0.3, 0.4) is 0 Å². The predicted octanol–water partition coefficient (Wildman–Crippen LogP) is 8.43. The zero-order chi connectivity index (χ0) is 21.6. The zero-order valence-electron chi connectivity index (χ0n) is 17.5. The Labute approximate surface area is 175 Å². The van der Waals surface area contributed by atoms with Crippen molar-refractivity contribution in [3.63, 3.8) is 0 Å². The van der Waals surface area contributed by atoms with Crippen molar-refractivity contribution in [3.05, 3.63) is 94.5 Å². The number of rotatable bonds is 2. The van der Waals surface area contributed by atoms with Gasteiger partial charge < -0.3 is 0 Å². The van der Waals surface area contributed by atoms with Crippen molar-refractivity contribution in [1.82, 2.24) is 0 Å². The molecule has 0 nitrogen and oxygen atoms in total. The smallest absolute Gasteiger partial charge is 0.166 e. The van der Waals surface area contributed by atoms with Crippen molar-refractivity contribution in [2.24, 2.45) is 0 Å². The van der Waals surface area contributed by atoms with Gasteiger partial charge in [-0.15, -0.1) is 0 Å². The van der Waals surface area contributed by atoms with E-state index in [2.05, 4.69) is 45.0 Å². The molecule has 0 aliphatic rings. The molecule has 0 saturated heterocycles. The quantitative estimate of drug-likeness (QED) is 0.314. The van der Waals surface area contributed by atoms with Gasteiger partial charge in [0.15, 0.2) is 0 Å². The van der Waals surface area contributed by atoms with Crippen LogP contribution in [0.4, 0.5) is 13.2 Å². The molecule has 4 rings (SSSR count). The molecule has 30 heavy (non-hydrogen) atoms. The van der Waals surface area contributed by atoms with E-state index in [-0.39, 0.29) is 10.9 Å². The van der Waals surface area contributed by atoms with Gasteiger partial charge in [0, 0.05) is 0 Å². The fourth-order valence-corrected chi connectivity index (χ4v) is 4.46. The van der Waals surface area contributed by atoms with Gasteiger partial charge in [-0.25, -0.2) is 0 Å². The van der Waals surface area contributed by atoms with E-state index in [4.69, 9.17) is 0 Å². The monoisotopic (exact) mass is 404 g/mol. The molecule has 0 spiro atoms. The summed E-state index contributed by atoms with van der Waals surface area (Å²) < 4.78 is 40.5. The highest BCUT2D eigenvalue weighted by Gasteiger charge is 2.34. The van der Waals surface area contributed by atoms with E-state index in [1.54, 1.807) is 24.3 Å². The summed E-state index contributed by atoms with van der Waals surface area (Å²) in [6.45, 7) is 7.84. The SMILES string of the molecule is Cc1cc(C)c(-c2ccc(-c3ccc4c(C(F)(F)F)c(C)ccc4c3)cc2)c(C)c1. The summed E-state index contributed by atoms with van der Waals surface area (Å²) in [5.74, 6) is 0. The summed E-state index contributed by atoms with van der Waals surface area (Å²) in [6.07, 6.45) is -4.36. The largest absolute Gasteiger partial charge is 0.417 e. The van der Waals surface area contributed by atoms with Crippen LogP contribution in [0, 0.1) is 27.7 Å². The third kappa shape index (κ3) is 3.60. The summed E-state index contributed by atoms with van der Waals surface area (Å²) >= 11 is 0. The Morgan fingerprint density at radius 3 is 1.73 bits per heavy atom. The Kier molecular flexibility index (Phi) is 4.93. The van der Waals surface area contributed by atoms with Gasteiger partial charge in [0.25, 0.3) is 0 Å². The summed E-state index contributed by atoms with van der Waals surface area (Å²) in [6, 6.07) is 21.1. The standard InChI is InChI=1S/C27H23F3/c1-16-13-18(3)25(19(4)14-16)21-9-7-20(8-10-21)22-11-12-24-23(15-22)6-5-17(2)26(24)27(28,29)30/h5-15H,1-4H3. The Morgan fingerprint density at radius 2 is 1.13 bits per heavy atom. The summed E-state index contributed by atoms with van der Waals surface area (Å²) in [5.41, 5.74) is 7.68. The van der Waals surface area contributed by atoms with Crippen molar-refractivity contribution in [2.75, 3.05) is 0 Å². The van der Waals surface area contributed by atoms with Gasteiger partial charge in [-0.05, 0) is 83.5 Å². The van der Waals surface area contributed by atoms with Crippen molar-refractivity contribution in [1.29, 1.82) is 0 Å². The average molecular weight is 404 g/mol. The van der Waals surface area contributed by atoms with E-state index < -0.39 is 11.7 Å². The van der Waals surface area contributed by atoms with E-state index in [0.29, 0.717) is 5.39 Å². The molecular weight excluding hydrogens is 381 g/mol. The van der Waals surface area contributed by atoms with Crippen molar-refractivity contribution < 1.29 is 13.2 Å². The van der Waals surface area contributed by atoms with E-state index in [0.717, 1.165) is 16.7 Å². The molecule has 0 fully saturated rings. The number of hydrogen-bond donors (Lipinski definition) is 0. The third-order valence-electron chi connectivity index (χ3n) is 5.70. The summed E-state index contributed by atoms with van der Waals surface area (Å²) in [7, 11) is 0. The molecule has 0 unspecified atom stereocenters. The minimum Gasteiger partial charge on any atom is -0.166 e. The number of benzene rings is 4. The molecule has 0 atom stereocenters. The van der Waals surface area contributed by atoms with Gasteiger partial charge in [-0.3, -0.25) is 0 Å². The first-order valence-corrected chi connectivity index (χ1v) is 9.94. The van der Waals surface area contributed by atoms with Crippen molar-refractivity contribution >= 4 is 10.8 Å². The van der Waals surface area contributed by atoms with Gasteiger partial charge in [0.05, 0.1) is 5.56 Å². The highest BCUT2D eigenvalue weighted by atomic mass is 19.4. The molecule has 0 saturated carbocycles. The fraction of sp³-hybridized carbons (Fsp3) is 0.185. The first kappa shape index (κ1) is 20.2. The zero-order valence-corrected chi connectivity index (χ0v) is 17.5. The maximum Gasteiger partial charge on any atom is 0.417 e.